The van der Waals surface area contributed by atoms with Gasteiger partial charge in [-0.15, -0.1) is 24.7 Å². The Hall–Kier alpha value is -4.39. The van der Waals surface area contributed by atoms with Crippen molar-refractivity contribution >= 4 is 45.9 Å². The third-order valence-electron chi connectivity index (χ3n) is 7.49. The van der Waals surface area contributed by atoms with Crippen molar-refractivity contribution in [2.24, 2.45) is 0 Å². The van der Waals surface area contributed by atoms with Crippen LogP contribution < -0.4 is 19.6 Å². The van der Waals surface area contributed by atoms with Crippen molar-refractivity contribution in [3.8, 4) is 0 Å². The smallest absolute Gasteiger partial charge is 0.145 e. The summed E-state index contributed by atoms with van der Waals surface area (Å²) >= 11 is 0. The fourth-order valence-electron chi connectivity index (χ4n) is 5.34. The van der Waals surface area contributed by atoms with Gasteiger partial charge in [-0.2, -0.15) is 60.7 Å². The van der Waals surface area contributed by atoms with E-state index in [-0.39, 0.29) is 40.2 Å². The molecule has 0 atom stereocenters. The molecule has 4 heterocycles. The summed E-state index contributed by atoms with van der Waals surface area (Å²) in [7, 11) is 0. The zero-order chi connectivity index (χ0) is 29.9. The minimum absolute atomic E-state index is 0. The second kappa shape index (κ2) is 14.8. The molecule has 0 N–H and O–H groups in total. The first-order valence-corrected chi connectivity index (χ1v) is 14.4. The molecule has 234 valence electrons. The normalized spacial score (nSPS) is 12.7. The van der Waals surface area contributed by atoms with Crippen molar-refractivity contribution in [3.05, 3.63) is 164 Å². The van der Waals surface area contributed by atoms with Crippen molar-refractivity contribution in [2.75, 3.05) is 19.6 Å². The van der Waals surface area contributed by atoms with Gasteiger partial charge in [0.1, 0.15) is 17.5 Å². The van der Waals surface area contributed by atoms with Gasteiger partial charge in [-0.3, -0.25) is 0 Å². The second-order valence-electron chi connectivity index (χ2n) is 10.3. The quantitative estimate of drug-likeness (QED) is 0.164. The van der Waals surface area contributed by atoms with Gasteiger partial charge in [0.15, 0.2) is 0 Å². The van der Waals surface area contributed by atoms with Gasteiger partial charge in [0.2, 0.25) is 0 Å². The van der Waals surface area contributed by atoms with Crippen molar-refractivity contribution in [3.63, 3.8) is 0 Å². The number of fused-ring (bicyclic) bond motifs is 2. The third-order valence-corrected chi connectivity index (χ3v) is 7.49. The molecule has 8 rings (SSSR count). The van der Waals surface area contributed by atoms with Gasteiger partial charge < -0.3 is 19.6 Å². The first-order valence-electron chi connectivity index (χ1n) is 14.4. The maximum absolute atomic E-state index is 4.56. The Balaban J connectivity index is 0.000000174. The largest absolute Gasteiger partial charge is 0.478 e. The Morgan fingerprint density at radius 2 is 0.913 bits per heavy atom. The molecule has 0 saturated heterocycles. The van der Waals surface area contributed by atoms with E-state index in [0.29, 0.717) is 0 Å². The van der Waals surface area contributed by atoms with Crippen LogP contribution in [0.15, 0.2) is 128 Å². The van der Waals surface area contributed by atoms with Gasteiger partial charge in [-0.05, 0) is 49.2 Å². The van der Waals surface area contributed by atoms with Gasteiger partial charge in [0.25, 0.3) is 0 Å². The van der Waals surface area contributed by atoms with Crippen LogP contribution in [0.2, 0.25) is 0 Å². The molecule has 2 aromatic heterocycles. The molecule has 2 aliphatic rings. The Morgan fingerprint density at radius 1 is 0.457 bits per heavy atom. The molecule has 9 heteroatoms. The van der Waals surface area contributed by atoms with Crippen LogP contribution in [0.3, 0.4) is 0 Å². The number of hydrogen-bond donors (Lipinski definition) is 0. The Bertz CT molecular complexity index is 1750. The zero-order valence-electron chi connectivity index (χ0n) is 25.1. The van der Waals surface area contributed by atoms with Crippen LogP contribution in [0.25, 0.3) is 0 Å². The number of benzene rings is 4. The average molecular weight is 956 g/mol. The molecular formula is C37H29Ir2N7-4. The third kappa shape index (κ3) is 6.46. The number of anilines is 8. The van der Waals surface area contributed by atoms with E-state index < -0.39 is 0 Å². The topological polar surface area (TPSA) is 51.6 Å². The molecule has 2 radical (unpaired) electrons. The SMILES string of the molecule is Cc1ccccc1N1[CH-]N(c2[c-]cccc2)c2ncccc21.Cc1ccccc1N1[CH-]N(c2[c-]cccc2)c2nccnc21.[Ir].[Ir]. The molecule has 0 saturated carbocycles. The van der Waals surface area contributed by atoms with Crippen molar-refractivity contribution in [1.82, 2.24) is 15.0 Å². The van der Waals surface area contributed by atoms with E-state index in [1.165, 1.54) is 11.1 Å². The fraction of sp³-hybridized carbons (Fsp3) is 0.0541. The summed E-state index contributed by atoms with van der Waals surface area (Å²) in [5.74, 6) is 2.57. The van der Waals surface area contributed by atoms with Crippen LogP contribution in [0.1, 0.15) is 11.1 Å². The van der Waals surface area contributed by atoms with E-state index in [0.717, 1.165) is 45.9 Å². The Morgan fingerprint density at radius 3 is 1.48 bits per heavy atom. The summed E-state index contributed by atoms with van der Waals surface area (Å²) in [5.41, 5.74) is 7.69. The predicted octanol–water partition coefficient (Wildman–Crippen LogP) is 8.59. The monoisotopic (exact) mass is 957 g/mol. The molecule has 6 aromatic rings. The van der Waals surface area contributed by atoms with Crippen molar-refractivity contribution in [1.29, 1.82) is 0 Å². The van der Waals surface area contributed by atoms with Gasteiger partial charge in [-0.1, -0.05) is 36.4 Å². The van der Waals surface area contributed by atoms with E-state index in [2.05, 4.69) is 105 Å². The molecule has 2 aliphatic heterocycles. The number of nitrogens with zero attached hydrogens (tertiary/aromatic N) is 7. The van der Waals surface area contributed by atoms with E-state index in [9.17, 15) is 0 Å². The minimum Gasteiger partial charge on any atom is -0.478 e. The molecule has 7 nitrogen and oxygen atoms in total. The van der Waals surface area contributed by atoms with Crippen molar-refractivity contribution in [2.45, 2.75) is 13.8 Å². The molecule has 46 heavy (non-hydrogen) atoms. The molecular weight excluding hydrogens is 927 g/mol. The first-order chi connectivity index (χ1) is 21.7. The number of para-hydroxylation sites is 4. The average Bonchev–Trinajstić information content (AvgIpc) is 3.66. The molecule has 0 aliphatic carbocycles. The number of pyridine rings is 1. The molecule has 0 fully saturated rings. The standard InChI is InChI=1S/C19H15N3.C18H14N4.2Ir/c1-15-8-5-6-11-17(15)22-14-21(16-9-3-2-4-10-16)19-18(22)12-7-13-20-19;1-14-7-5-6-10-16(14)22-13-21(15-8-3-2-4-9-15)17-18(22)20-12-11-19-17;;/h2-9,11-14H,1H3;2-8,10-13H,1H3;;/q2*-2;;. The summed E-state index contributed by atoms with van der Waals surface area (Å²) in [6.45, 7) is 8.30. The maximum Gasteiger partial charge on any atom is 0.145 e. The van der Waals surface area contributed by atoms with Crippen LogP contribution in [0.4, 0.5) is 45.9 Å². The van der Waals surface area contributed by atoms with Crippen LogP contribution >= 0.6 is 0 Å². The van der Waals surface area contributed by atoms with Crippen molar-refractivity contribution < 1.29 is 40.2 Å². The van der Waals surface area contributed by atoms with E-state index in [1.54, 1.807) is 12.4 Å². The van der Waals surface area contributed by atoms with Gasteiger partial charge in [-0.25, -0.2) is 15.0 Å². The van der Waals surface area contributed by atoms with Gasteiger partial charge in [0, 0.05) is 70.2 Å². The summed E-state index contributed by atoms with van der Waals surface area (Å²) in [6.07, 6.45) is 5.25. The number of aryl methyl sites for hydroxylation is 2. The maximum atomic E-state index is 4.56. The van der Waals surface area contributed by atoms with Crippen LogP contribution in [0.5, 0.6) is 0 Å². The van der Waals surface area contributed by atoms with Gasteiger partial charge >= 0.3 is 0 Å². The number of hydrogen-bond acceptors (Lipinski definition) is 7. The molecule has 0 spiro atoms. The Labute approximate surface area is 297 Å². The van der Waals surface area contributed by atoms with E-state index >= 15 is 0 Å². The second-order valence-corrected chi connectivity index (χ2v) is 10.3. The zero-order valence-corrected chi connectivity index (χ0v) is 29.9. The summed E-state index contributed by atoms with van der Waals surface area (Å²) in [6, 6.07) is 43.0. The summed E-state index contributed by atoms with van der Waals surface area (Å²) in [5, 5.41) is 0. The molecule has 4 aromatic carbocycles. The van der Waals surface area contributed by atoms with Gasteiger partial charge in [0.05, 0.1) is 5.69 Å². The molecule has 0 amide bonds. The summed E-state index contributed by atoms with van der Waals surface area (Å²) < 4.78 is 0. The Kier molecular flexibility index (Phi) is 10.6. The number of aromatic nitrogens is 3. The fourth-order valence-corrected chi connectivity index (χ4v) is 5.34. The molecule has 0 bridgehead atoms. The summed E-state index contributed by atoms with van der Waals surface area (Å²) in [4.78, 5) is 21.9. The first kappa shape index (κ1) is 33.0. The number of rotatable bonds is 4. The van der Waals surface area contributed by atoms with Crippen LogP contribution in [-0.2, 0) is 40.2 Å². The molecule has 0 unspecified atom stereocenters. The van der Waals surface area contributed by atoms with Crippen LogP contribution in [0, 0.1) is 39.3 Å². The minimum atomic E-state index is 0. The van der Waals surface area contributed by atoms with E-state index in [1.807, 2.05) is 84.5 Å². The van der Waals surface area contributed by atoms with E-state index in [4.69, 9.17) is 0 Å². The van der Waals surface area contributed by atoms with Crippen LogP contribution in [-0.4, -0.2) is 15.0 Å². The predicted molar refractivity (Wildman–Crippen MR) is 176 cm³/mol.